The molecule has 0 saturated heterocycles. The van der Waals surface area contributed by atoms with Crippen LogP contribution in [0.4, 0.5) is 0 Å². The summed E-state index contributed by atoms with van der Waals surface area (Å²) in [5.74, 6) is 0. The highest BCUT2D eigenvalue weighted by Crippen LogP contribution is 2.27. The van der Waals surface area contributed by atoms with Gasteiger partial charge in [0, 0.05) is 6.54 Å². The third kappa shape index (κ3) is 5.20. The maximum Gasteiger partial charge on any atom is 0.240 e. The van der Waals surface area contributed by atoms with Crippen molar-refractivity contribution < 1.29 is 8.42 Å². The Hall–Kier alpha value is -1.07. The molecule has 0 fully saturated rings. The number of benzene rings is 2. The van der Waals surface area contributed by atoms with Gasteiger partial charge in [0.05, 0.1) is 14.9 Å². The van der Waals surface area contributed by atoms with Gasteiger partial charge < -0.3 is 0 Å². The maximum atomic E-state index is 12.4. The minimum atomic E-state index is -3.53. The summed E-state index contributed by atoms with van der Waals surface area (Å²) in [6.07, 6.45) is 1.53. The molecule has 25 heavy (non-hydrogen) atoms. The molecule has 0 aromatic heterocycles. The second-order valence-corrected chi connectivity index (χ2v) is 9.24. The second-order valence-electron chi connectivity index (χ2n) is 6.66. The molecule has 0 aliphatic heterocycles. The molecule has 2 aromatic rings. The number of rotatable bonds is 7. The molecule has 0 bridgehead atoms. The summed E-state index contributed by atoms with van der Waals surface area (Å²) in [7, 11) is -3.53. The fraction of sp³-hybridized carbons (Fsp3) is 0.368. The van der Waals surface area contributed by atoms with Crippen LogP contribution in [0.2, 0.25) is 10.0 Å². The Balaban J connectivity index is 2.02. The van der Waals surface area contributed by atoms with Gasteiger partial charge in [0.25, 0.3) is 0 Å². The van der Waals surface area contributed by atoms with Crippen molar-refractivity contribution in [2.24, 2.45) is 0 Å². The van der Waals surface area contributed by atoms with Gasteiger partial charge in [-0.25, -0.2) is 13.1 Å². The molecule has 0 heterocycles. The second kappa shape index (κ2) is 8.09. The van der Waals surface area contributed by atoms with Gasteiger partial charge in [0.1, 0.15) is 0 Å². The summed E-state index contributed by atoms with van der Waals surface area (Å²) in [5.41, 5.74) is 2.09. The van der Waals surface area contributed by atoms with Crippen molar-refractivity contribution in [3.05, 3.63) is 63.6 Å². The standard InChI is InChI=1S/C19H23Cl2NO2S/c1-4-19(2,3)15-6-8-16(9-7-15)25(23,24)22-12-11-14-5-10-17(20)18(21)13-14/h5-10,13,22H,4,11-12H2,1-3H3. The Bertz CT molecular complexity index is 831. The van der Waals surface area contributed by atoms with E-state index in [2.05, 4.69) is 25.5 Å². The van der Waals surface area contributed by atoms with Crippen molar-refractivity contribution in [2.75, 3.05) is 6.54 Å². The first-order valence-corrected chi connectivity index (χ1v) is 10.4. The van der Waals surface area contributed by atoms with Gasteiger partial charge in [-0.1, -0.05) is 62.2 Å². The molecule has 2 aromatic carbocycles. The van der Waals surface area contributed by atoms with Crippen LogP contribution in [0.25, 0.3) is 0 Å². The molecule has 0 aliphatic rings. The summed E-state index contributed by atoms with van der Waals surface area (Å²) in [4.78, 5) is 0.275. The Kier molecular flexibility index (Phi) is 6.55. The van der Waals surface area contributed by atoms with E-state index in [1.165, 1.54) is 0 Å². The van der Waals surface area contributed by atoms with E-state index in [-0.39, 0.29) is 10.3 Å². The molecular weight excluding hydrogens is 377 g/mol. The number of hydrogen-bond acceptors (Lipinski definition) is 2. The zero-order valence-corrected chi connectivity index (χ0v) is 17.0. The lowest BCUT2D eigenvalue weighted by Gasteiger charge is -2.23. The van der Waals surface area contributed by atoms with E-state index in [0.717, 1.165) is 17.5 Å². The zero-order valence-electron chi connectivity index (χ0n) is 14.6. The Morgan fingerprint density at radius 3 is 2.20 bits per heavy atom. The first-order chi connectivity index (χ1) is 11.7. The van der Waals surface area contributed by atoms with Crippen molar-refractivity contribution in [3.63, 3.8) is 0 Å². The van der Waals surface area contributed by atoms with E-state index in [1.54, 1.807) is 24.3 Å². The largest absolute Gasteiger partial charge is 0.240 e. The normalized spacial score (nSPS) is 12.4. The maximum absolute atomic E-state index is 12.4. The van der Waals surface area contributed by atoms with Crippen LogP contribution in [0.1, 0.15) is 38.3 Å². The van der Waals surface area contributed by atoms with Crippen LogP contribution in [0, 0.1) is 0 Å². The van der Waals surface area contributed by atoms with E-state index >= 15 is 0 Å². The monoisotopic (exact) mass is 399 g/mol. The highest BCUT2D eigenvalue weighted by Gasteiger charge is 2.19. The van der Waals surface area contributed by atoms with Gasteiger partial charge in [-0.2, -0.15) is 0 Å². The van der Waals surface area contributed by atoms with Gasteiger partial charge in [-0.15, -0.1) is 0 Å². The summed E-state index contributed by atoms with van der Waals surface area (Å²) in [5, 5.41) is 0.956. The molecule has 0 atom stereocenters. The molecule has 0 radical (unpaired) electrons. The van der Waals surface area contributed by atoms with Crippen LogP contribution in [0.15, 0.2) is 47.4 Å². The van der Waals surface area contributed by atoms with E-state index < -0.39 is 10.0 Å². The van der Waals surface area contributed by atoms with Crippen LogP contribution in [0.5, 0.6) is 0 Å². The Morgan fingerprint density at radius 1 is 1.00 bits per heavy atom. The average molecular weight is 400 g/mol. The van der Waals surface area contributed by atoms with Gasteiger partial charge in [0.15, 0.2) is 0 Å². The molecule has 136 valence electrons. The molecule has 6 heteroatoms. The minimum Gasteiger partial charge on any atom is -0.211 e. The van der Waals surface area contributed by atoms with Crippen LogP contribution >= 0.6 is 23.2 Å². The SMILES string of the molecule is CCC(C)(C)c1ccc(S(=O)(=O)NCCc2ccc(Cl)c(Cl)c2)cc1. The van der Waals surface area contributed by atoms with Crippen molar-refractivity contribution >= 4 is 33.2 Å². The third-order valence-corrected chi connectivity index (χ3v) is 6.74. The molecule has 0 aliphatic carbocycles. The zero-order chi connectivity index (χ0) is 18.7. The van der Waals surface area contributed by atoms with E-state index in [1.807, 2.05) is 18.2 Å². The highest BCUT2D eigenvalue weighted by molar-refractivity contribution is 7.89. The molecule has 0 saturated carbocycles. The molecule has 3 nitrogen and oxygen atoms in total. The topological polar surface area (TPSA) is 46.2 Å². The number of hydrogen-bond donors (Lipinski definition) is 1. The first-order valence-electron chi connectivity index (χ1n) is 8.20. The summed E-state index contributed by atoms with van der Waals surface area (Å²) < 4.78 is 27.5. The quantitative estimate of drug-likeness (QED) is 0.694. The predicted octanol–water partition coefficient (Wildman–Crippen LogP) is 5.20. The molecule has 0 unspecified atom stereocenters. The Labute approximate surface area is 160 Å². The third-order valence-electron chi connectivity index (χ3n) is 4.52. The highest BCUT2D eigenvalue weighted by atomic mass is 35.5. The van der Waals surface area contributed by atoms with Gasteiger partial charge in [-0.3, -0.25) is 0 Å². The predicted molar refractivity (Wildman–Crippen MR) is 105 cm³/mol. The lowest BCUT2D eigenvalue weighted by molar-refractivity contribution is 0.505. The molecular formula is C19H23Cl2NO2S. The lowest BCUT2D eigenvalue weighted by Crippen LogP contribution is -2.26. The number of nitrogens with one attached hydrogen (secondary N) is 1. The molecule has 1 N–H and O–H groups in total. The van der Waals surface area contributed by atoms with Crippen LogP contribution in [-0.4, -0.2) is 15.0 Å². The van der Waals surface area contributed by atoms with E-state index in [0.29, 0.717) is 23.0 Å². The lowest BCUT2D eigenvalue weighted by atomic mass is 9.82. The average Bonchev–Trinajstić information content (AvgIpc) is 2.58. The summed E-state index contributed by atoms with van der Waals surface area (Å²) >= 11 is 11.9. The molecule has 2 rings (SSSR count). The molecule has 0 spiro atoms. The van der Waals surface area contributed by atoms with Crippen LogP contribution in [-0.2, 0) is 21.9 Å². The summed E-state index contributed by atoms with van der Waals surface area (Å²) in [6, 6.07) is 12.4. The van der Waals surface area contributed by atoms with Gasteiger partial charge in [-0.05, 0) is 53.6 Å². The van der Waals surface area contributed by atoms with E-state index in [9.17, 15) is 8.42 Å². The van der Waals surface area contributed by atoms with Crippen LogP contribution < -0.4 is 4.72 Å². The van der Waals surface area contributed by atoms with Crippen molar-refractivity contribution in [1.82, 2.24) is 4.72 Å². The van der Waals surface area contributed by atoms with Gasteiger partial charge in [0.2, 0.25) is 10.0 Å². The first kappa shape index (κ1) is 20.2. The smallest absolute Gasteiger partial charge is 0.211 e. The van der Waals surface area contributed by atoms with Gasteiger partial charge >= 0.3 is 0 Å². The number of halogens is 2. The van der Waals surface area contributed by atoms with Crippen molar-refractivity contribution in [2.45, 2.75) is 43.9 Å². The van der Waals surface area contributed by atoms with Crippen molar-refractivity contribution in [1.29, 1.82) is 0 Å². The Morgan fingerprint density at radius 2 is 1.64 bits per heavy atom. The van der Waals surface area contributed by atoms with Crippen LogP contribution in [0.3, 0.4) is 0 Å². The fourth-order valence-corrected chi connectivity index (χ4v) is 3.75. The van der Waals surface area contributed by atoms with Crippen molar-refractivity contribution in [3.8, 4) is 0 Å². The number of sulfonamides is 1. The molecule has 0 amide bonds. The fourth-order valence-electron chi connectivity index (χ4n) is 2.40. The summed E-state index contributed by atoms with van der Waals surface area (Å²) in [6.45, 7) is 6.70. The minimum absolute atomic E-state index is 0.0313. The van der Waals surface area contributed by atoms with E-state index in [4.69, 9.17) is 23.2 Å².